The second kappa shape index (κ2) is 3.66. The maximum absolute atomic E-state index is 10.9. The standard InChI is InChI=1S/C10H19NO2/c1-7(5-9(12)13-4)11-8-6-10(8,2)3/h7-8,11H,5-6H2,1-4H3. The molecule has 3 nitrogen and oxygen atoms in total. The molecule has 2 atom stereocenters. The first-order valence-electron chi connectivity index (χ1n) is 4.78. The summed E-state index contributed by atoms with van der Waals surface area (Å²) < 4.78 is 4.60. The third-order valence-corrected chi connectivity index (χ3v) is 2.70. The van der Waals surface area contributed by atoms with Crippen molar-refractivity contribution in [3.05, 3.63) is 0 Å². The summed E-state index contributed by atoms with van der Waals surface area (Å²) in [7, 11) is 1.43. The molecule has 2 unspecified atom stereocenters. The molecule has 1 saturated carbocycles. The Morgan fingerprint density at radius 1 is 1.69 bits per heavy atom. The number of hydrogen-bond donors (Lipinski definition) is 1. The number of esters is 1. The minimum absolute atomic E-state index is 0.140. The average molecular weight is 185 g/mol. The molecule has 0 saturated heterocycles. The predicted molar refractivity (Wildman–Crippen MR) is 51.4 cm³/mol. The van der Waals surface area contributed by atoms with Gasteiger partial charge in [0.25, 0.3) is 0 Å². The number of carbonyl (C=O) groups is 1. The van der Waals surface area contributed by atoms with Crippen LogP contribution in [0.15, 0.2) is 0 Å². The summed E-state index contributed by atoms with van der Waals surface area (Å²) in [5, 5.41) is 3.41. The van der Waals surface area contributed by atoms with Gasteiger partial charge in [0.05, 0.1) is 13.5 Å². The van der Waals surface area contributed by atoms with Crippen LogP contribution < -0.4 is 5.32 Å². The van der Waals surface area contributed by atoms with Gasteiger partial charge in [0.2, 0.25) is 0 Å². The first-order valence-corrected chi connectivity index (χ1v) is 4.78. The highest BCUT2D eigenvalue weighted by atomic mass is 16.5. The Balaban J connectivity index is 2.19. The summed E-state index contributed by atoms with van der Waals surface area (Å²) >= 11 is 0. The number of carbonyl (C=O) groups excluding carboxylic acids is 1. The summed E-state index contributed by atoms with van der Waals surface area (Å²) in [6.07, 6.45) is 1.67. The van der Waals surface area contributed by atoms with Gasteiger partial charge in [0.1, 0.15) is 0 Å². The van der Waals surface area contributed by atoms with E-state index in [1.54, 1.807) is 0 Å². The van der Waals surface area contributed by atoms with Crippen LogP contribution in [0.3, 0.4) is 0 Å². The lowest BCUT2D eigenvalue weighted by molar-refractivity contribution is -0.141. The van der Waals surface area contributed by atoms with Gasteiger partial charge in [0.15, 0.2) is 0 Å². The van der Waals surface area contributed by atoms with Crippen molar-refractivity contribution < 1.29 is 9.53 Å². The number of methoxy groups -OCH3 is 1. The molecule has 0 aromatic heterocycles. The summed E-state index contributed by atoms with van der Waals surface area (Å²) in [5.41, 5.74) is 0.421. The van der Waals surface area contributed by atoms with Gasteiger partial charge in [0, 0.05) is 12.1 Å². The molecule has 1 fully saturated rings. The van der Waals surface area contributed by atoms with Crippen LogP contribution in [-0.4, -0.2) is 25.2 Å². The van der Waals surface area contributed by atoms with Gasteiger partial charge in [-0.25, -0.2) is 0 Å². The van der Waals surface area contributed by atoms with Crippen molar-refractivity contribution in [2.24, 2.45) is 5.41 Å². The van der Waals surface area contributed by atoms with Gasteiger partial charge in [-0.2, -0.15) is 0 Å². The number of hydrogen-bond acceptors (Lipinski definition) is 3. The van der Waals surface area contributed by atoms with Crippen molar-refractivity contribution in [3.63, 3.8) is 0 Å². The highest BCUT2D eigenvalue weighted by molar-refractivity contribution is 5.69. The molecular weight excluding hydrogens is 166 g/mol. The molecule has 76 valence electrons. The number of nitrogens with one attached hydrogen (secondary N) is 1. The first kappa shape index (κ1) is 10.5. The first-order chi connectivity index (χ1) is 5.95. The fourth-order valence-corrected chi connectivity index (χ4v) is 1.49. The van der Waals surface area contributed by atoms with E-state index in [9.17, 15) is 4.79 Å². The predicted octanol–water partition coefficient (Wildman–Crippen LogP) is 1.33. The normalized spacial score (nSPS) is 26.6. The molecule has 0 aromatic rings. The lowest BCUT2D eigenvalue weighted by Crippen LogP contribution is -2.32. The van der Waals surface area contributed by atoms with E-state index in [4.69, 9.17) is 0 Å². The largest absolute Gasteiger partial charge is 0.469 e. The van der Waals surface area contributed by atoms with E-state index < -0.39 is 0 Å². The second-order valence-corrected chi connectivity index (χ2v) is 4.59. The van der Waals surface area contributed by atoms with E-state index in [1.165, 1.54) is 13.5 Å². The smallest absolute Gasteiger partial charge is 0.307 e. The van der Waals surface area contributed by atoms with E-state index in [-0.39, 0.29) is 12.0 Å². The van der Waals surface area contributed by atoms with Crippen LogP contribution >= 0.6 is 0 Å². The second-order valence-electron chi connectivity index (χ2n) is 4.59. The third-order valence-electron chi connectivity index (χ3n) is 2.70. The van der Waals surface area contributed by atoms with Gasteiger partial charge < -0.3 is 10.1 Å². The lowest BCUT2D eigenvalue weighted by atomic mass is 10.1. The Hall–Kier alpha value is -0.570. The topological polar surface area (TPSA) is 38.3 Å². The van der Waals surface area contributed by atoms with Crippen LogP contribution in [0.2, 0.25) is 0 Å². The van der Waals surface area contributed by atoms with Crippen molar-refractivity contribution in [1.29, 1.82) is 0 Å². The average Bonchev–Trinajstić information content (AvgIpc) is 2.58. The van der Waals surface area contributed by atoms with E-state index in [0.717, 1.165) is 0 Å². The Labute approximate surface area is 79.8 Å². The highest BCUT2D eigenvalue weighted by Gasteiger charge is 2.45. The molecule has 1 rings (SSSR count). The van der Waals surface area contributed by atoms with Gasteiger partial charge in [-0.05, 0) is 18.8 Å². The Morgan fingerprint density at radius 2 is 2.23 bits per heavy atom. The van der Waals surface area contributed by atoms with Crippen LogP contribution in [0.1, 0.15) is 33.6 Å². The highest BCUT2D eigenvalue weighted by Crippen LogP contribution is 2.44. The van der Waals surface area contributed by atoms with Crippen LogP contribution in [0.4, 0.5) is 0 Å². The van der Waals surface area contributed by atoms with E-state index in [0.29, 0.717) is 17.9 Å². The SMILES string of the molecule is COC(=O)CC(C)NC1CC1(C)C. The maximum atomic E-state index is 10.9. The van der Waals surface area contributed by atoms with E-state index >= 15 is 0 Å². The molecule has 0 amide bonds. The van der Waals surface area contributed by atoms with Gasteiger partial charge >= 0.3 is 5.97 Å². The molecule has 0 aliphatic heterocycles. The minimum Gasteiger partial charge on any atom is -0.469 e. The van der Waals surface area contributed by atoms with Crippen LogP contribution in [0.5, 0.6) is 0 Å². The number of rotatable bonds is 4. The molecule has 0 heterocycles. The Morgan fingerprint density at radius 3 is 2.62 bits per heavy atom. The molecular formula is C10H19NO2. The monoisotopic (exact) mass is 185 g/mol. The molecule has 0 bridgehead atoms. The quantitative estimate of drug-likeness (QED) is 0.671. The van der Waals surface area contributed by atoms with Crippen LogP contribution in [-0.2, 0) is 9.53 Å². The van der Waals surface area contributed by atoms with Crippen LogP contribution in [0.25, 0.3) is 0 Å². The molecule has 0 radical (unpaired) electrons. The molecule has 1 aliphatic rings. The molecule has 3 heteroatoms. The summed E-state index contributed by atoms with van der Waals surface area (Å²) in [4.78, 5) is 10.9. The molecule has 13 heavy (non-hydrogen) atoms. The molecule has 0 aromatic carbocycles. The summed E-state index contributed by atoms with van der Waals surface area (Å²) in [6.45, 7) is 6.48. The fraction of sp³-hybridized carbons (Fsp3) is 0.900. The molecule has 1 N–H and O–H groups in total. The minimum atomic E-state index is -0.140. The van der Waals surface area contributed by atoms with Crippen molar-refractivity contribution in [2.75, 3.05) is 7.11 Å². The summed E-state index contributed by atoms with van der Waals surface area (Å²) in [5.74, 6) is -0.140. The van der Waals surface area contributed by atoms with Crippen molar-refractivity contribution in [1.82, 2.24) is 5.32 Å². The van der Waals surface area contributed by atoms with E-state index in [1.807, 2.05) is 6.92 Å². The number of ether oxygens (including phenoxy) is 1. The van der Waals surface area contributed by atoms with Crippen molar-refractivity contribution in [3.8, 4) is 0 Å². The molecule has 1 aliphatic carbocycles. The maximum Gasteiger partial charge on any atom is 0.307 e. The van der Waals surface area contributed by atoms with Gasteiger partial charge in [-0.3, -0.25) is 4.79 Å². The van der Waals surface area contributed by atoms with E-state index in [2.05, 4.69) is 23.9 Å². The third kappa shape index (κ3) is 2.99. The Kier molecular flexibility index (Phi) is 2.96. The zero-order valence-electron chi connectivity index (χ0n) is 8.89. The zero-order chi connectivity index (χ0) is 10.1. The summed E-state index contributed by atoms with van der Waals surface area (Å²) in [6, 6.07) is 0.798. The van der Waals surface area contributed by atoms with Gasteiger partial charge in [-0.15, -0.1) is 0 Å². The van der Waals surface area contributed by atoms with Gasteiger partial charge in [-0.1, -0.05) is 13.8 Å². The Bertz CT molecular complexity index is 201. The zero-order valence-corrected chi connectivity index (χ0v) is 8.89. The lowest BCUT2D eigenvalue weighted by Gasteiger charge is -2.13. The van der Waals surface area contributed by atoms with Crippen molar-refractivity contribution in [2.45, 2.75) is 45.7 Å². The fourth-order valence-electron chi connectivity index (χ4n) is 1.49. The van der Waals surface area contributed by atoms with Crippen LogP contribution in [0, 0.1) is 5.41 Å². The van der Waals surface area contributed by atoms with Crippen molar-refractivity contribution >= 4 is 5.97 Å². The molecule has 0 spiro atoms.